The van der Waals surface area contributed by atoms with E-state index in [1.165, 1.54) is 12.3 Å². The SMILES string of the molecule is O=C(COc1ccc(OCc2ccccc2)cc1)N/N=C/c1ccccc1C(=O)O. The zero-order valence-corrected chi connectivity index (χ0v) is 16.0. The Balaban J connectivity index is 1.44. The Bertz CT molecular complexity index is 1020. The van der Waals surface area contributed by atoms with Crippen LogP contribution in [0.15, 0.2) is 84.0 Å². The third-order valence-electron chi connectivity index (χ3n) is 4.03. The average Bonchev–Trinajstić information content (AvgIpc) is 2.78. The number of amides is 1. The van der Waals surface area contributed by atoms with E-state index in [4.69, 9.17) is 14.6 Å². The number of hydrazone groups is 1. The van der Waals surface area contributed by atoms with E-state index >= 15 is 0 Å². The maximum absolute atomic E-state index is 11.9. The number of ether oxygens (including phenoxy) is 2. The van der Waals surface area contributed by atoms with Gasteiger partial charge in [-0.15, -0.1) is 0 Å². The van der Waals surface area contributed by atoms with Crippen molar-refractivity contribution < 1.29 is 24.2 Å². The number of hydrogen-bond donors (Lipinski definition) is 2. The van der Waals surface area contributed by atoms with E-state index in [0.29, 0.717) is 23.7 Å². The van der Waals surface area contributed by atoms with Gasteiger partial charge >= 0.3 is 5.97 Å². The molecule has 0 atom stereocenters. The van der Waals surface area contributed by atoms with Crippen LogP contribution in [0.2, 0.25) is 0 Å². The molecule has 152 valence electrons. The normalized spacial score (nSPS) is 10.5. The first-order valence-corrected chi connectivity index (χ1v) is 9.15. The summed E-state index contributed by atoms with van der Waals surface area (Å²) in [6.07, 6.45) is 1.28. The fraction of sp³-hybridized carbons (Fsp3) is 0.0870. The highest BCUT2D eigenvalue weighted by Gasteiger charge is 2.07. The fourth-order valence-electron chi connectivity index (χ4n) is 2.53. The number of benzene rings is 3. The number of carboxylic acid groups (broad SMARTS) is 1. The summed E-state index contributed by atoms with van der Waals surface area (Å²) in [7, 11) is 0. The first kappa shape index (κ1) is 20.6. The van der Waals surface area contributed by atoms with E-state index in [0.717, 1.165) is 5.56 Å². The van der Waals surface area contributed by atoms with Crippen LogP contribution >= 0.6 is 0 Å². The Morgan fingerprint density at radius 3 is 2.20 bits per heavy atom. The third-order valence-corrected chi connectivity index (χ3v) is 4.03. The van der Waals surface area contributed by atoms with Gasteiger partial charge in [-0.05, 0) is 35.9 Å². The number of carboxylic acids is 1. The summed E-state index contributed by atoms with van der Waals surface area (Å²) in [5.41, 5.74) is 3.86. The van der Waals surface area contributed by atoms with Crippen LogP contribution in [0.25, 0.3) is 0 Å². The van der Waals surface area contributed by atoms with Crippen molar-refractivity contribution in [1.29, 1.82) is 0 Å². The molecule has 0 heterocycles. The zero-order chi connectivity index (χ0) is 21.2. The summed E-state index contributed by atoms with van der Waals surface area (Å²) in [6, 6.07) is 23.1. The van der Waals surface area contributed by atoms with E-state index in [-0.39, 0.29) is 12.2 Å². The van der Waals surface area contributed by atoms with E-state index in [1.807, 2.05) is 30.3 Å². The summed E-state index contributed by atoms with van der Waals surface area (Å²) >= 11 is 0. The number of rotatable bonds is 9. The topological polar surface area (TPSA) is 97.2 Å². The molecule has 0 aliphatic carbocycles. The molecule has 7 heteroatoms. The zero-order valence-electron chi connectivity index (χ0n) is 16.0. The lowest BCUT2D eigenvalue weighted by Gasteiger charge is -2.08. The van der Waals surface area contributed by atoms with Crippen molar-refractivity contribution in [2.75, 3.05) is 6.61 Å². The van der Waals surface area contributed by atoms with Gasteiger partial charge in [-0.1, -0.05) is 48.5 Å². The van der Waals surface area contributed by atoms with Crippen molar-refractivity contribution in [1.82, 2.24) is 5.43 Å². The van der Waals surface area contributed by atoms with E-state index in [9.17, 15) is 9.59 Å². The van der Waals surface area contributed by atoms with Gasteiger partial charge in [0.05, 0.1) is 11.8 Å². The van der Waals surface area contributed by atoms with Crippen LogP contribution in [0, 0.1) is 0 Å². The number of nitrogens with zero attached hydrogens (tertiary/aromatic N) is 1. The van der Waals surface area contributed by atoms with Crippen molar-refractivity contribution in [3.63, 3.8) is 0 Å². The monoisotopic (exact) mass is 404 g/mol. The molecule has 7 nitrogen and oxygen atoms in total. The average molecular weight is 404 g/mol. The molecule has 3 aromatic rings. The van der Waals surface area contributed by atoms with Gasteiger partial charge in [0.1, 0.15) is 18.1 Å². The minimum atomic E-state index is -1.07. The van der Waals surface area contributed by atoms with Crippen molar-refractivity contribution in [3.8, 4) is 11.5 Å². The van der Waals surface area contributed by atoms with E-state index < -0.39 is 11.9 Å². The molecular formula is C23H20N2O5. The predicted octanol–water partition coefficient (Wildman–Crippen LogP) is 3.49. The minimum Gasteiger partial charge on any atom is -0.489 e. The molecule has 0 spiro atoms. The minimum absolute atomic E-state index is 0.0984. The Kier molecular flexibility index (Phi) is 7.16. The molecule has 0 aromatic heterocycles. The molecule has 3 aromatic carbocycles. The molecule has 0 aliphatic heterocycles. The summed E-state index contributed by atoms with van der Waals surface area (Å²) in [5.74, 6) is -0.332. The maximum Gasteiger partial charge on any atom is 0.336 e. The molecule has 0 saturated carbocycles. The molecule has 0 saturated heterocycles. The standard InChI is InChI=1S/C23H20N2O5/c26-22(25-24-14-18-8-4-5-9-21(18)23(27)28)16-30-20-12-10-19(11-13-20)29-15-17-6-2-1-3-7-17/h1-14H,15-16H2,(H,25,26)(H,27,28)/b24-14+. The maximum atomic E-state index is 11.9. The van der Waals surface area contributed by atoms with Crippen LogP contribution in [-0.4, -0.2) is 29.8 Å². The van der Waals surface area contributed by atoms with Crippen molar-refractivity contribution in [2.45, 2.75) is 6.61 Å². The molecule has 0 unspecified atom stereocenters. The van der Waals surface area contributed by atoms with Crippen LogP contribution in [0.3, 0.4) is 0 Å². The summed E-state index contributed by atoms with van der Waals surface area (Å²) in [6.45, 7) is 0.231. The fourth-order valence-corrected chi connectivity index (χ4v) is 2.53. The highest BCUT2D eigenvalue weighted by Crippen LogP contribution is 2.18. The number of nitrogens with one attached hydrogen (secondary N) is 1. The quantitative estimate of drug-likeness (QED) is 0.420. The Morgan fingerprint density at radius 2 is 1.50 bits per heavy atom. The van der Waals surface area contributed by atoms with Gasteiger partial charge in [-0.3, -0.25) is 4.79 Å². The number of aromatic carboxylic acids is 1. The lowest BCUT2D eigenvalue weighted by molar-refractivity contribution is -0.123. The third kappa shape index (κ3) is 6.20. The van der Waals surface area contributed by atoms with E-state index in [1.54, 1.807) is 42.5 Å². The molecule has 0 bridgehead atoms. The number of carbonyl (C=O) groups is 2. The Labute approximate surface area is 173 Å². The molecule has 0 aliphatic rings. The largest absolute Gasteiger partial charge is 0.489 e. The molecule has 3 rings (SSSR count). The van der Waals surface area contributed by atoms with Gasteiger partial charge in [0.15, 0.2) is 6.61 Å². The molecular weight excluding hydrogens is 384 g/mol. The van der Waals surface area contributed by atoms with Gasteiger partial charge in [0.25, 0.3) is 5.91 Å². The lowest BCUT2D eigenvalue weighted by atomic mass is 10.1. The second-order valence-electron chi connectivity index (χ2n) is 6.22. The highest BCUT2D eigenvalue weighted by atomic mass is 16.5. The van der Waals surface area contributed by atoms with Crippen LogP contribution in [0.1, 0.15) is 21.5 Å². The molecule has 0 radical (unpaired) electrons. The van der Waals surface area contributed by atoms with Crippen molar-refractivity contribution in [3.05, 3.63) is 95.6 Å². The molecule has 2 N–H and O–H groups in total. The highest BCUT2D eigenvalue weighted by molar-refractivity contribution is 5.98. The van der Waals surface area contributed by atoms with Crippen LogP contribution in [0.4, 0.5) is 0 Å². The van der Waals surface area contributed by atoms with Crippen molar-refractivity contribution >= 4 is 18.1 Å². The van der Waals surface area contributed by atoms with Crippen molar-refractivity contribution in [2.24, 2.45) is 5.10 Å². The second-order valence-corrected chi connectivity index (χ2v) is 6.22. The Hall–Kier alpha value is -4.13. The second kappa shape index (κ2) is 10.4. The molecule has 30 heavy (non-hydrogen) atoms. The van der Waals surface area contributed by atoms with Gasteiger partial charge < -0.3 is 14.6 Å². The van der Waals surface area contributed by atoms with Gasteiger partial charge in [-0.2, -0.15) is 5.10 Å². The lowest BCUT2D eigenvalue weighted by Crippen LogP contribution is -2.24. The van der Waals surface area contributed by atoms with Crippen LogP contribution < -0.4 is 14.9 Å². The summed E-state index contributed by atoms with van der Waals surface area (Å²) in [4.78, 5) is 23.0. The molecule has 1 amide bonds. The van der Waals surface area contributed by atoms with Crippen LogP contribution in [-0.2, 0) is 11.4 Å². The smallest absolute Gasteiger partial charge is 0.336 e. The van der Waals surface area contributed by atoms with Gasteiger partial charge in [0.2, 0.25) is 0 Å². The number of hydrogen-bond acceptors (Lipinski definition) is 5. The predicted molar refractivity (Wildman–Crippen MR) is 112 cm³/mol. The van der Waals surface area contributed by atoms with Gasteiger partial charge in [-0.25, -0.2) is 10.2 Å². The summed E-state index contributed by atoms with van der Waals surface area (Å²) in [5, 5.41) is 12.9. The first-order valence-electron chi connectivity index (χ1n) is 9.15. The first-order chi connectivity index (χ1) is 14.6. The van der Waals surface area contributed by atoms with E-state index in [2.05, 4.69) is 10.5 Å². The molecule has 0 fully saturated rings. The number of carbonyl (C=O) groups excluding carboxylic acids is 1. The van der Waals surface area contributed by atoms with Crippen LogP contribution in [0.5, 0.6) is 11.5 Å². The Morgan fingerprint density at radius 1 is 0.867 bits per heavy atom. The van der Waals surface area contributed by atoms with Gasteiger partial charge in [0, 0.05) is 5.56 Å². The summed E-state index contributed by atoms with van der Waals surface area (Å²) < 4.78 is 11.1.